The summed E-state index contributed by atoms with van der Waals surface area (Å²) >= 11 is 0. The van der Waals surface area contributed by atoms with Gasteiger partial charge in [-0.1, -0.05) is 0 Å². The fourth-order valence-corrected chi connectivity index (χ4v) is 2.63. The first kappa shape index (κ1) is 18.2. The average Bonchev–Trinajstić information content (AvgIpc) is 2.83. The molecule has 5 nitrogen and oxygen atoms in total. The van der Waals surface area contributed by atoms with Crippen LogP contribution in [0.5, 0.6) is 0 Å². The zero-order valence-corrected chi connectivity index (χ0v) is 13.9. The standard InChI is InChI=1S/C16H22F3N3O2/c1-15(2,3)24-14(23)21-11-6-7-22(9-11)13-5-4-10(20)8-12(13)16(17,18)19/h4-5,8,11H,6-7,9,20H2,1-3H3,(H,21,23)/t11-/m1/s1. The number of nitrogens with zero attached hydrogens (tertiary/aromatic N) is 1. The van der Waals surface area contributed by atoms with Crippen molar-refractivity contribution in [1.29, 1.82) is 0 Å². The highest BCUT2D eigenvalue weighted by Crippen LogP contribution is 2.38. The number of nitrogen functional groups attached to an aromatic ring is 1. The molecular weight excluding hydrogens is 323 g/mol. The molecule has 3 N–H and O–H groups in total. The molecule has 0 bridgehead atoms. The highest BCUT2D eigenvalue weighted by molar-refractivity contribution is 5.68. The molecule has 0 unspecified atom stereocenters. The van der Waals surface area contributed by atoms with Crippen LogP contribution in [0.15, 0.2) is 18.2 Å². The van der Waals surface area contributed by atoms with Crippen LogP contribution in [0, 0.1) is 0 Å². The second-order valence-electron chi connectivity index (χ2n) is 6.85. The molecule has 1 aliphatic rings. The molecule has 0 saturated carbocycles. The third kappa shape index (κ3) is 4.69. The molecule has 1 atom stereocenters. The van der Waals surface area contributed by atoms with Crippen molar-refractivity contribution >= 4 is 17.5 Å². The Morgan fingerprint density at radius 3 is 2.58 bits per heavy atom. The number of nitrogens with two attached hydrogens (primary N) is 1. The van der Waals surface area contributed by atoms with Gasteiger partial charge in [0.15, 0.2) is 0 Å². The van der Waals surface area contributed by atoms with Crippen molar-refractivity contribution in [3.05, 3.63) is 23.8 Å². The van der Waals surface area contributed by atoms with E-state index in [4.69, 9.17) is 10.5 Å². The number of rotatable bonds is 2. The minimum absolute atomic E-state index is 0.0636. The molecule has 1 aliphatic heterocycles. The Hall–Kier alpha value is -2.12. The molecular formula is C16H22F3N3O2. The Morgan fingerprint density at radius 2 is 2.00 bits per heavy atom. The van der Waals surface area contributed by atoms with Gasteiger partial charge >= 0.3 is 12.3 Å². The monoisotopic (exact) mass is 345 g/mol. The number of halogens is 3. The Morgan fingerprint density at radius 1 is 1.33 bits per heavy atom. The third-order valence-corrected chi connectivity index (χ3v) is 3.58. The zero-order chi connectivity index (χ0) is 18.1. The van der Waals surface area contributed by atoms with Crippen molar-refractivity contribution in [2.75, 3.05) is 23.7 Å². The van der Waals surface area contributed by atoms with Gasteiger partial charge in [0.1, 0.15) is 5.60 Å². The molecule has 134 valence electrons. The van der Waals surface area contributed by atoms with E-state index >= 15 is 0 Å². The van der Waals surface area contributed by atoms with E-state index in [1.165, 1.54) is 12.1 Å². The Balaban J connectivity index is 2.08. The number of carbonyl (C=O) groups excluding carboxylic acids is 1. The van der Waals surface area contributed by atoms with Gasteiger partial charge < -0.3 is 20.7 Å². The highest BCUT2D eigenvalue weighted by Gasteiger charge is 2.37. The molecule has 0 spiro atoms. The first-order valence-corrected chi connectivity index (χ1v) is 7.67. The molecule has 2 rings (SSSR count). The van der Waals surface area contributed by atoms with E-state index in [-0.39, 0.29) is 24.0 Å². The van der Waals surface area contributed by atoms with Crippen LogP contribution in [0.25, 0.3) is 0 Å². The lowest BCUT2D eigenvalue weighted by Gasteiger charge is -2.24. The quantitative estimate of drug-likeness (QED) is 0.806. The van der Waals surface area contributed by atoms with Gasteiger partial charge in [-0.05, 0) is 45.4 Å². The molecule has 1 saturated heterocycles. The van der Waals surface area contributed by atoms with Gasteiger partial charge in [0.2, 0.25) is 0 Å². The van der Waals surface area contributed by atoms with Crippen molar-refractivity contribution in [2.45, 2.75) is 45.0 Å². The number of carbonyl (C=O) groups is 1. The van der Waals surface area contributed by atoms with Crippen molar-refractivity contribution < 1.29 is 22.7 Å². The number of nitrogens with one attached hydrogen (secondary N) is 1. The summed E-state index contributed by atoms with van der Waals surface area (Å²) in [6.07, 6.45) is -4.51. The number of alkyl halides is 3. The summed E-state index contributed by atoms with van der Waals surface area (Å²) in [5.74, 6) is 0. The summed E-state index contributed by atoms with van der Waals surface area (Å²) in [4.78, 5) is 13.4. The smallest absolute Gasteiger partial charge is 0.418 e. The topological polar surface area (TPSA) is 67.6 Å². The average molecular weight is 345 g/mol. The first-order valence-electron chi connectivity index (χ1n) is 7.67. The van der Waals surface area contributed by atoms with Crippen molar-refractivity contribution in [3.8, 4) is 0 Å². The Bertz CT molecular complexity index is 612. The van der Waals surface area contributed by atoms with E-state index < -0.39 is 23.4 Å². The minimum atomic E-state index is -4.48. The van der Waals surface area contributed by atoms with Gasteiger partial charge in [0.25, 0.3) is 0 Å². The van der Waals surface area contributed by atoms with Crippen molar-refractivity contribution in [1.82, 2.24) is 5.32 Å². The summed E-state index contributed by atoms with van der Waals surface area (Å²) < 4.78 is 44.8. The summed E-state index contributed by atoms with van der Waals surface area (Å²) in [5, 5.41) is 2.70. The molecule has 1 heterocycles. The highest BCUT2D eigenvalue weighted by atomic mass is 19.4. The lowest BCUT2D eigenvalue weighted by Crippen LogP contribution is -2.40. The predicted molar refractivity (Wildman–Crippen MR) is 85.8 cm³/mol. The summed E-state index contributed by atoms with van der Waals surface area (Å²) in [6, 6.07) is 3.48. The molecule has 24 heavy (non-hydrogen) atoms. The largest absolute Gasteiger partial charge is 0.444 e. The number of alkyl carbamates (subject to hydrolysis) is 1. The van der Waals surface area contributed by atoms with Crippen molar-refractivity contribution in [2.24, 2.45) is 0 Å². The van der Waals surface area contributed by atoms with Gasteiger partial charge in [-0.3, -0.25) is 0 Å². The number of benzene rings is 1. The van der Waals surface area contributed by atoms with Crippen LogP contribution >= 0.6 is 0 Å². The fraction of sp³-hybridized carbons (Fsp3) is 0.562. The molecule has 0 radical (unpaired) electrons. The van der Waals surface area contributed by atoms with Gasteiger partial charge in [0.05, 0.1) is 11.6 Å². The summed E-state index contributed by atoms with van der Waals surface area (Å²) in [6.45, 7) is 5.94. The molecule has 0 aliphatic carbocycles. The Kier molecular flexibility index (Phi) is 4.87. The summed E-state index contributed by atoms with van der Waals surface area (Å²) in [5.41, 5.74) is 4.23. The number of amides is 1. The molecule has 1 aromatic rings. The predicted octanol–water partition coefficient (Wildman–Crippen LogP) is 3.39. The Labute approximate surface area is 138 Å². The second-order valence-corrected chi connectivity index (χ2v) is 6.85. The van der Waals surface area contributed by atoms with Crippen LogP contribution in [0.3, 0.4) is 0 Å². The van der Waals surface area contributed by atoms with E-state index in [9.17, 15) is 18.0 Å². The molecule has 1 aromatic carbocycles. The van der Waals surface area contributed by atoms with Crippen LogP contribution < -0.4 is 16.0 Å². The van der Waals surface area contributed by atoms with E-state index in [0.717, 1.165) is 6.07 Å². The molecule has 1 fully saturated rings. The van der Waals surface area contributed by atoms with E-state index in [2.05, 4.69) is 5.32 Å². The fourth-order valence-electron chi connectivity index (χ4n) is 2.63. The number of anilines is 2. The zero-order valence-electron chi connectivity index (χ0n) is 13.9. The van der Waals surface area contributed by atoms with Gasteiger partial charge in [-0.25, -0.2) is 4.79 Å². The van der Waals surface area contributed by atoms with Crippen LogP contribution in [-0.2, 0) is 10.9 Å². The van der Waals surface area contributed by atoms with Crippen LogP contribution in [-0.4, -0.2) is 30.8 Å². The van der Waals surface area contributed by atoms with Gasteiger partial charge in [0, 0.05) is 24.5 Å². The lowest BCUT2D eigenvalue weighted by molar-refractivity contribution is -0.137. The van der Waals surface area contributed by atoms with Crippen LogP contribution in [0.4, 0.5) is 29.3 Å². The maximum atomic E-state index is 13.2. The molecule has 0 aromatic heterocycles. The lowest BCUT2D eigenvalue weighted by atomic mass is 10.1. The van der Waals surface area contributed by atoms with Gasteiger partial charge in [-0.15, -0.1) is 0 Å². The molecule has 8 heteroatoms. The van der Waals surface area contributed by atoms with Crippen LogP contribution in [0.1, 0.15) is 32.8 Å². The maximum Gasteiger partial charge on any atom is 0.418 e. The third-order valence-electron chi connectivity index (χ3n) is 3.58. The second kappa shape index (κ2) is 6.41. The van der Waals surface area contributed by atoms with E-state index in [1.54, 1.807) is 25.7 Å². The first-order chi connectivity index (χ1) is 11.0. The summed E-state index contributed by atoms with van der Waals surface area (Å²) in [7, 11) is 0. The number of hydrogen-bond acceptors (Lipinski definition) is 4. The normalized spacial score (nSPS) is 18.6. The number of ether oxygens (including phenoxy) is 1. The van der Waals surface area contributed by atoms with E-state index in [1.807, 2.05) is 0 Å². The van der Waals surface area contributed by atoms with Crippen molar-refractivity contribution in [3.63, 3.8) is 0 Å². The SMILES string of the molecule is CC(C)(C)OC(=O)N[C@@H]1CCN(c2ccc(N)cc2C(F)(F)F)C1. The number of hydrogen-bond donors (Lipinski definition) is 2. The van der Waals surface area contributed by atoms with Gasteiger partial charge in [-0.2, -0.15) is 13.2 Å². The molecule has 1 amide bonds. The van der Waals surface area contributed by atoms with Crippen LogP contribution in [0.2, 0.25) is 0 Å². The minimum Gasteiger partial charge on any atom is -0.444 e. The van der Waals surface area contributed by atoms with E-state index in [0.29, 0.717) is 13.0 Å². The maximum absolute atomic E-state index is 13.2.